The summed E-state index contributed by atoms with van der Waals surface area (Å²) in [6.07, 6.45) is -0.658. The average Bonchev–Trinajstić information content (AvgIpc) is 2.96. The van der Waals surface area contributed by atoms with Crippen molar-refractivity contribution in [3.05, 3.63) is 17.7 Å². The first kappa shape index (κ1) is 18.9. The summed E-state index contributed by atoms with van der Waals surface area (Å²) in [5, 5.41) is 0. The Labute approximate surface area is 147 Å². The molecule has 1 saturated heterocycles. The number of amides is 2. The Balaban J connectivity index is 2.35. The predicted octanol–water partition coefficient (Wildman–Crippen LogP) is 2.65. The maximum Gasteiger partial charge on any atom is 0.417 e. The standard InChI is InChI=1S/C18H25NO6/c1-18(2,3)15-10-25-17(21)19(15)16(20)9-12-13(23-5)7-11(22-4)8-14(12)24-6/h7-8,15H,9-10H2,1-6H3/t15-/m0/s1. The molecule has 0 aliphatic carbocycles. The van der Waals surface area contributed by atoms with E-state index in [0.29, 0.717) is 22.8 Å². The van der Waals surface area contributed by atoms with Crippen LogP contribution >= 0.6 is 0 Å². The number of methoxy groups -OCH3 is 3. The molecule has 138 valence electrons. The van der Waals surface area contributed by atoms with Crippen LogP contribution in [0.2, 0.25) is 0 Å². The van der Waals surface area contributed by atoms with Crippen molar-refractivity contribution in [2.24, 2.45) is 5.41 Å². The van der Waals surface area contributed by atoms with Gasteiger partial charge in [0.05, 0.1) is 33.8 Å². The number of hydrogen-bond donors (Lipinski definition) is 0. The molecular weight excluding hydrogens is 326 g/mol. The van der Waals surface area contributed by atoms with Gasteiger partial charge in [-0.1, -0.05) is 20.8 Å². The molecule has 0 saturated carbocycles. The van der Waals surface area contributed by atoms with Crippen molar-refractivity contribution in [3.8, 4) is 17.2 Å². The van der Waals surface area contributed by atoms with Gasteiger partial charge in [0.25, 0.3) is 0 Å². The molecular formula is C18H25NO6. The highest BCUT2D eigenvalue weighted by molar-refractivity contribution is 5.95. The number of hydrogen-bond acceptors (Lipinski definition) is 6. The van der Waals surface area contributed by atoms with E-state index in [0.717, 1.165) is 0 Å². The maximum atomic E-state index is 12.9. The van der Waals surface area contributed by atoms with Gasteiger partial charge in [-0.2, -0.15) is 0 Å². The largest absolute Gasteiger partial charge is 0.496 e. The molecule has 0 bridgehead atoms. The first-order valence-electron chi connectivity index (χ1n) is 8.00. The molecule has 1 fully saturated rings. The molecule has 1 heterocycles. The zero-order valence-corrected chi connectivity index (χ0v) is 15.5. The molecule has 2 amide bonds. The summed E-state index contributed by atoms with van der Waals surface area (Å²) in [5.74, 6) is 1.12. The van der Waals surface area contributed by atoms with Crippen molar-refractivity contribution in [1.82, 2.24) is 4.90 Å². The Hall–Kier alpha value is -2.44. The van der Waals surface area contributed by atoms with Crippen molar-refractivity contribution in [2.75, 3.05) is 27.9 Å². The van der Waals surface area contributed by atoms with E-state index in [4.69, 9.17) is 18.9 Å². The zero-order valence-electron chi connectivity index (χ0n) is 15.5. The molecule has 2 rings (SSSR count). The summed E-state index contributed by atoms with van der Waals surface area (Å²) in [5.41, 5.74) is 0.277. The highest BCUT2D eigenvalue weighted by Crippen LogP contribution is 2.36. The summed E-state index contributed by atoms with van der Waals surface area (Å²) in [6.45, 7) is 6.10. The van der Waals surface area contributed by atoms with Crippen molar-refractivity contribution in [3.63, 3.8) is 0 Å². The Kier molecular flexibility index (Phi) is 5.45. The molecule has 0 N–H and O–H groups in total. The third kappa shape index (κ3) is 3.81. The average molecular weight is 351 g/mol. The zero-order chi connectivity index (χ0) is 18.8. The molecule has 7 heteroatoms. The molecule has 1 aliphatic rings. The van der Waals surface area contributed by atoms with Crippen molar-refractivity contribution < 1.29 is 28.5 Å². The highest BCUT2D eigenvalue weighted by Gasteiger charge is 2.44. The fraction of sp³-hybridized carbons (Fsp3) is 0.556. The lowest BCUT2D eigenvalue weighted by Crippen LogP contribution is -2.46. The summed E-state index contributed by atoms with van der Waals surface area (Å²) in [6, 6.07) is 3.03. The van der Waals surface area contributed by atoms with Gasteiger partial charge in [-0.15, -0.1) is 0 Å². The minimum absolute atomic E-state index is 0.0436. The summed E-state index contributed by atoms with van der Waals surface area (Å²) >= 11 is 0. The Morgan fingerprint density at radius 1 is 1.16 bits per heavy atom. The van der Waals surface area contributed by atoms with E-state index in [1.165, 1.54) is 26.2 Å². The normalized spacial score (nSPS) is 17.3. The van der Waals surface area contributed by atoms with Gasteiger partial charge >= 0.3 is 6.09 Å². The second-order valence-corrected chi connectivity index (χ2v) is 6.91. The Morgan fingerprint density at radius 2 is 1.72 bits per heavy atom. The van der Waals surface area contributed by atoms with Crippen LogP contribution in [0.25, 0.3) is 0 Å². The highest BCUT2D eigenvalue weighted by atomic mass is 16.6. The molecule has 0 spiro atoms. The van der Waals surface area contributed by atoms with Crippen molar-refractivity contribution in [2.45, 2.75) is 33.2 Å². The Bertz CT molecular complexity index is 639. The molecule has 1 aromatic carbocycles. The lowest BCUT2D eigenvalue weighted by atomic mass is 9.86. The molecule has 25 heavy (non-hydrogen) atoms. The van der Waals surface area contributed by atoms with Crippen LogP contribution in [0.1, 0.15) is 26.3 Å². The van der Waals surface area contributed by atoms with Crippen LogP contribution in [0.4, 0.5) is 4.79 Å². The quantitative estimate of drug-likeness (QED) is 0.812. The van der Waals surface area contributed by atoms with E-state index in [1.807, 2.05) is 20.8 Å². The van der Waals surface area contributed by atoms with Gasteiger partial charge in [0.15, 0.2) is 0 Å². The summed E-state index contributed by atoms with van der Waals surface area (Å²) in [4.78, 5) is 26.1. The van der Waals surface area contributed by atoms with Gasteiger partial charge in [-0.25, -0.2) is 9.69 Å². The fourth-order valence-electron chi connectivity index (χ4n) is 2.82. The van der Waals surface area contributed by atoms with Gasteiger partial charge < -0.3 is 18.9 Å². The monoisotopic (exact) mass is 351 g/mol. The first-order chi connectivity index (χ1) is 11.7. The van der Waals surface area contributed by atoms with Gasteiger partial charge in [0.2, 0.25) is 5.91 Å². The van der Waals surface area contributed by atoms with Crippen LogP contribution in [0, 0.1) is 5.41 Å². The maximum absolute atomic E-state index is 12.9. The van der Waals surface area contributed by atoms with E-state index in [2.05, 4.69) is 0 Å². The second-order valence-electron chi connectivity index (χ2n) is 6.91. The number of carbonyl (C=O) groups excluding carboxylic acids is 2. The minimum Gasteiger partial charge on any atom is -0.496 e. The molecule has 0 unspecified atom stereocenters. The lowest BCUT2D eigenvalue weighted by molar-refractivity contribution is -0.129. The number of benzene rings is 1. The van der Waals surface area contributed by atoms with E-state index in [-0.39, 0.29) is 30.4 Å². The van der Waals surface area contributed by atoms with Crippen LogP contribution < -0.4 is 14.2 Å². The SMILES string of the molecule is COc1cc(OC)c(CC(=O)N2C(=O)OC[C@H]2C(C)(C)C)c(OC)c1. The van der Waals surface area contributed by atoms with Crippen LogP contribution in [0.15, 0.2) is 12.1 Å². The first-order valence-corrected chi connectivity index (χ1v) is 8.00. The molecule has 1 atom stereocenters. The van der Waals surface area contributed by atoms with Crippen LogP contribution in [-0.2, 0) is 16.0 Å². The fourth-order valence-corrected chi connectivity index (χ4v) is 2.82. The van der Waals surface area contributed by atoms with Gasteiger partial charge in [-0.05, 0) is 5.41 Å². The molecule has 1 aromatic rings. The van der Waals surface area contributed by atoms with Crippen LogP contribution in [-0.4, -0.2) is 50.9 Å². The van der Waals surface area contributed by atoms with Crippen molar-refractivity contribution >= 4 is 12.0 Å². The third-order valence-corrected chi connectivity index (χ3v) is 4.29. The number of cyclic esters (lactones) is 1. The van der Waals surface area contributed by atoms with Gasteiger partial charge in [0, 0.05) is 17.7 Å². The van der Waals surface area contributed by atoms with Gasteiger partial charge in [0.1, 0.15) is 23.9 Å². The Morgan fingerprint density at radius 3 is 2.16 bits per heavy atom. The number of imide groups is 1. The van der Waals surface area contributed by atoms with Crippen LogP contribution in [0.5, 0.6) is 17.2 Å². The number of ether oxygens (including phenoxy) is 4. The second kappa shape index (κ2) is 7.21. The number of nitrogens with zero attached hydrogens (tertiary/aromatic N) is 1. The van der Waals surface area contributed by atoms with Crippen molar-refractivity contribution in [1.29, 1.82) is 0 Å². The van der Waals surface area contributed by atoms with E-state index >= 15 is 0 Å². The molecule has 0 aromatic heterocycles. The topological polar surface area (TPSA) is 74.3 Å². The summed E-state index contributed by atoms with van der Waals surface area (Å²) < 4.78 is 21.0. The third-order valence-electron chi connectivity index (χ3n) is 4.29. The van der Waals surface area contributed by atoms with E-state index in [1.54, 1.807) is 12.1 Å². The minimum atomic E-state index is -0.614. The smallest absolute Gasteiger partial charge is 0.417 e. The molecule has 7 nitrogen and oxygen atoms in total. The number of rotatable bonds is 5. The summed E-state index contributed by atoms with van der Waals surface area (Å²) in [7, 11) is 4.54. The number of carbonyl (C=O) groups is 2. The predicted molar refractivity (Wildman–Crippen MR) is 91.2 cm³/mol. The van der Waals surface area contributed by atoms with Crippen LogP contribution in [0.3, 0.4) is 0 Å². The van der Waals surface area contributed by atoms with E-state index in [9.17, 15) is 9.59 Å². The van der Waals surface area contributed by atoms with Gasteiger partial charge in [-0.3, -0.25) is 4.79 Å². The lowest BCUT2D eigenvalue weighted by Gasteiger charge is -2.31. The van der Waals surface area contributed by atoms with E-state index < -0.39 is 6.09 Å². The molecule has 0 radical (unpaired) electrons. The molecule has 1 aliphatic heterocycles.